The lowest BCUT2D eigenvalue weighted by Crippen LogP contribution is -2.71. The van der Waals surface area contributed by atoms with Gasteiger partial charge >= 0.3 is 0 Å². The van der Waals surface area contributed by atoms with Gasteiger partial charge in [0.1, 0.15) is 11.4 Å². The van der Waals surface area contributed by atoms with E-state index in [-0.39, 0.29) is 24.9 Å². The van der Waals surface area contributed by atoms with Crippen LogP contribution in [-0.2, 0) is 19.4 Å². The molecule has 1 spiro atoms. The number of carbonyl (C=O) groups excluding carboxylic acids is 1. The maximum absolute atomic E-state index is 13.0. The number of likely N-dealkylation sites (tertiary alicyclic amines) is 1. The van der Waals surface area contributed by atoms with E-state index in [4.69, 9.17) is 9.47 Å². The predicted molar refractivity (Wildman–Crippen MR) is 114 cm³/mol. The molecule has 2 aliphatic heterocycles. The minimum atomic E-state index is -3.27. The van der Waals surface area contributed by atoms with Crippen LogP contribution in [0.4, 0.5) is 0 Å². The first-order chi connectivity index (χ1) is 14.4. The number of amides is 1. The maximum atomic E-state index is 13.0. The van der Waals surface area contributed by atoms with Gasteiger partial charge in [0, 0.05) is 12.6 Å². The number of sulfone groups is 1. The fraction of sp³-hybridized carbons (Fsp3) is 0.682. The summed E-state index contributed by atoms with van der Waals surface area (Å²) < 4.78 is 37.5. The number of hydrogen-bond acceptors (Lipinski definition) is 6. The number of nitrogens with zero attached hydrogens (tertiary/aromatic N) is 2. The van der Waals surface area contributed by atoms with Gasteiger partial charge in [0.15, 0.2) is 16.4 Å². The van der Waals surface area contributed by atoms with E-state index in [0.29, 0.717) is 31.4 Å². The third kappa shape index (κ3) is 4.81. The molecule has 3 aliphatic rings. The van der Waals surface area contributed by atoms with Crippen LogP contribution >= 0.6 is 0 Å². The molecule has 1 aromatic carbocycles. The molecule has 1 amide bonds. The zero-order chi connectivity index (χ0) is 21.2. The van der Waals surface area contributed by atoms with Gasteiger partial charge in [-0.05, 0) is 32.0 Å². The average Bonchev–Trinajstić information content (AvgIpc) is 2.73. The second-order valence-electron chi connectivity index (χ2n) is 9.01. The summed E-state index contributed by atoms with van der Waals surface area (Å²) in [6.45, 7) is 1.31. The molecule has 1 aliphatic carbocycles. The van der Waals surface area contributed by atoms with E-state index in [2.05, 4.69) is 4.90 Å². The van der Waals surface area contributed by atoms with Gasteiger partial charge in [-0.3, -0.25) is 4.79 Å². The van der Waals surface area contributed by atoms with E-state index >= 15 is 0 Å². The van der Waals surface area contributed by atoms with Crippen molar-refractivity contribution < 1.29 is 22.7 Å². The normalized spacial score (nSPS) is 25.8. The van der Waals surface area contributed by atoms with Crippen molar-refractivity contribution in [3.05, 3.63) is 30.3 Å². The molecule has 1 atom stereocenters. The lowest BCUT2D eigenvalue weighted by atomic mass is 9.94. The van der Waals surface area contributed by atoms with Crippen molar-refractivity contribution in [2.45, 2.75) is 49.0 Å². The van der Waals surface area contributed by atoms with Crippen LogP contribution < -0.4 is 4.74 Å². The molecule has 4 rings (SSSR count). The van der Waals surface area contributed by atoms with Crippen LogP contribution in [0.5, 0.6) is 5.75 Å². The van der Waals surface area contributed by atoms with Crippen LogP contribution in [0, 0.1) is 0 Å². The molecule has 1 aromatic rings. The summed E-state index contributed by atoms with van der Waals surface area (Å²) in [5, 5.41) is -0.485. The SMILES string of the molecule is CN(C[C@H]1COC2(CN(C(=O)COc3ccccc3)C2)CS1(=O)=O)C1CCCCC1. The predicted octanol–water partition coefficient (Wildman–Crippen LogP) is 1.72. The number of benzene rings is 1. The van der Waals surface area contributed by atoms with E-state index in [1.807, 2.05) is 25.2 Å². The number of rotatable bonds is 6. The van der Waals surface area contributed by atoms with Gasteiger partial charge in [-0.2, -0.15) is 0 Å². The van der Waals surface area contributed by atoms with Crippen LogP contribution in [0.3, 0.4) is 0 Å². The summed E-state index contributed by atoms with van der Waals surface area (Å²) in [6, 6.07) is 9.65. The van der Waals surface area contributed by atoms with E-state index in [0.717, 1.165) is 12.8 Å². The van der Waals surface area contributed by atoms with Crippen molar-refractivity contribution in [1.82, 2.24) is 9.80 Å². The molecule has 0 unspecified atom stereocenters. The fourth-order valence-corrected chi connectivity index (χ4v) is 6.79. The Morgan fingerprint density at radius 2 is 1.90 bits per heavy atom. The Kier molecular flexibility index (Phi) is 6.36. The molecule has 0 bridgehead atoms. The molecular weight excluding hydrogens is 404 g/mol. The summed E-state index contributed by atoms with van der Waals surface area (Å²) in [5.74, 6) is 0.485. The van der Waals surface area contributed by atoms with Gasteiger partial charge < -0.3 is 19.3 Å². The monoisotopic (exact) mass is 436 g/mol. The molecule has 7 nitrogen and oxygen atoms in total. The average molecular weight is 437 g/mol. The Hall–Kier alpha value is -1.64. The Labute approximate surface area is 179 Å². The lowest BCUT2D eigenvalue weighted by molar-refractivity contribution is -0.167. The van der Waals surface area contributed by atoms with Crippen molar-refractivity contribution in [2.24, 2.45) is 0 Å². The summed E-state index contributed by atoms with van der Waals surface area (Å²) in [7, 11) is -1.23. The molecule has 0 radical (unpaired) electrons. The molecule has 1 saturated carbocycles. The minimum Gasteiger partial charge on any atom is -0.484 e. The highest BCUT2D eigenvalue weighted by Gasteiger charge is 2.54. The number of ether oxygens (including phenoxy) is 2. The largest absolute Gasteiger partial charge is 0.484 e. The molecular formula is C22H32N2O5S. The second kappa shape index (κ2) is 8.85. The molecule has 0 aromatic heterocycles. The summed E-state index contributed by atoms with van der Waals surface area (Å²) in [4.78, 5) is 16.2. The van der Waals surface area contributed by atoms with Gasteiger partial charge in [-0.15, -0.1) is 0 Å². The number of carbonyl (C=O) groups is 1. The van der Waals surface area contributed by atoms with Crippen LogP contribution in [-0.4, -0.2) is 86.7 Å². The maximum Gasteiger partial charge on any atom is 0.260 e. The highest BCUT2D eigenvalue weighted by atomic mass is 32.2. The van der Waals surface area contributed by atoms with Crippen molar-refractivity contribution in [3.63, 3.8) is 0 Å². The van der Waals surface area contributed by atoms with Crippen molar-refractivity contribution in [1.29, 1.82) is 0 Å². The van der Waals surface area contributed by atoms with Crippen LogP contribution in [0.15, 0.2) is 30.3 Å². The van der Waals surface area contributed by atoms with Gasteiger partial charge in [-0.25, -0.2) is 8.42 Å². The summed E-state index contributed by atoms with van der Waals surface area (Å²) in [5.41, 5.74) is -0.749. The molecule has 166 valence electrons. The molecule has 0 N–H and O–H groups in total. The van der Waals surface area contributed by atoms with Gasteiger partial charge in [-0.1, -0.05) is 37.5 Å². The number of hydrogen-bond donors (Lipinski definition) is 0. The van der Waals surface area contributed by atoms with Crippen molar-refractivity contribution in [2.75, 3.05) is 45.6 Å². The zero-order valence-electron chi connectivity index (χ0n) is 17.7. The Morgan fingerprint density at radius 3 is 2.57 bits per heavy atom. The Morgan fingerprint density at radius 1 is 1.20 bits per heavy atom. The Balaban J connectivity index is 1.26. The lowest BCUT2D eigenvalue weighted by Gasteiger charge is -2.52. The Bertz CT molecular complexity index is 832. The standard InChI is InChI=1S/C22H32N2O5S/c1-23(18-8-4-2-5-9-18)12-20-13-29-22(17-30(20,26)27)15-24(16-22)21(25)14-28-19-10-6-3-7-11-19/h3,6-7,10-11,18,20H,2,4-5,8-9,12-17H2,1H3/t20-/m0/s1. The zero-order valence-corrected chi connectivity index (χ0v) is 18.5. The first-order valence-corrected chi connectivity index (χ1v) is 12.6. The van der Waals surface area contributed by atoms with E-state index in [1.165, 1.54) is 19.3 Å². The highest BCUT2D eigenvalue weighted by Crippen LogP contribution is 2.33. The molecule has 3 fully saturated rings. The smallest absolute Gasteiger partial charge is 0.260 e. The van der Waals surface area contributed by atoms with Gasteiger partial charge in [0.2, 0.25) is 0 Å². The van der Waals surface area contributed by atoms with Crippen LogP contribution in [0.2, 0.25) is 0 Å². The highest BCUT2D eigenvalue weighted by molar-refractivity contribution is 7.92. The first-order valence-electron chi connectivity index (χ1n) is 10.9. The molecule has 30 heavy (non-hydrogen) atoms. The van der Waals surface area contributed by atoms with Crippen LogP contribution in [0.1, 0.15) is 32.1 Å². The topological polar surface area (TPSA) is 76.2 Å². The van der Waals surface area contributed by atoms with Gasteiger partial charge in [0.05, 0.1) is 30.7 Å². The van der Waals surface area contributed by atoms with E-state index in [1.54, 1.807) is 17.0 Å². The molecule has 8 heteroatoms. The van der Waals surface area contributed by atoms with E-state index in [9.17, 15) is 13.2 Å². The molecule has 2 saturated heterocycles. The third-order valence-corrected chi connectivity index (χ3v) is 8.88. The van der Waals surface area contributed by atoms with Gasteiger partial charge in [0.25, 0.3) is 5.91 Å². The quantitative estimate of drug-likeness (QED) is 0.676. The minimum absolute atomic E-state index is 0.00744. The summed E-state index contributed by atoms with van der Waals surface area (Å²) in [6.07, 6.45) is 6.03. The second-order valence-corrected chi connectivity index (χ2v) is 11.3. The van der Waals surface area contributed by atoms with Crippen LogP contribution in [0.25, 0.3) is 0 Å². The fourth-order valence-electron chi connectivity index (χ4n) is 4.82. The number of para-hydroxylation sites is 1. The molecule has 2 heterocycles. The first kappa shape index (κ1) is 21.6. The summed E-state index contributed by atoms with van der Waals surface area (Å²) >= 11 is 0. The third-order valence-electron chi connectivity index (χ3n) is 6.65. The van der Waals surface area contributed by atoms with E-state index < -0.39 is 20.7 Å². The van der Waals surface area contributed by atoms with Crippen molar-refractivity contribution >= 4 is 15.7 Å². The van der Waals surface area contributed by atoms with Crippen molar-refractivity contribution in [3.8, 4) is 5.75 Å².